The second-order valence-electron chi connectivity index (χ2n) is 10.8. The summed E-state index contributed by atoms with van der Waals surface area (Å²) in [5, 5.41) is 35.4. The van der Waals surface area contributed by atoms with Crippen LogP contribution in [0, 0.1) is 0 Å². The molecule has 3 heterocycles. The Morgan fingerprint density at radius 2 is 1.65 bits per heavy atom. The average molecular weight is 645 g/mol. The number of piperazine rings is 1. The van der Waals surface area contributed by atoms with E-state index in [1.54, 1.807) is 30.3 Å². The molecule has 1 aromatic carbocycles. The van der Waals surface area contributed by atoms with E-state index in [4.69, 9.17) is 9.47 Å². The van der Waals surface area contributed by atoms with E-state index in [1.165, 1.54) is 34.6 Å². The summed E-state index contributed by atoms with van der Waals surface area (Å²) in [4.78, 5) is 78.6. The van der Waals surface area contributed by atoms with Crippen LogP contribution in [0.5, 0.6) is 5.88 Å². The zero-order valence-corrected chi connectivity index (χ0v) is 25.3. The molecule has 0 radical (unpaired) electrons. The maximum atomic E-state index is 13.4. The monoisotopic (exact) mass is 644 g/mol. The van der Waals surface area contributed by atoms with Crippen LogP contribution in [0.4, 0.5) is 4.79 Å². The number of para-hydroxylation sites is 1. The summed E-state index contributed by atoms with van der Waals surface area (Å²) in [6, 6.07) is 7.55. The van der Waals surface area contributed by atoms with Gasteiger partial charge >= 0.3 is 18.0 Å². The van der Waals surface area contributed by atoms with Crippen molar-refractivity contribution < 1.29 is 53.6 Å². The Morgan fingerprint density at radius 1 is 1.00 bits per heavy atom. The molecule has 46 heavy (non-hydrogen) atoms. The third kappa shape index (κ3) is 7.90. The molecule has 0 saturated carbocycles. The number of aliphatic hydroxyl groups excluding tert-OH is 1. The van der Waals surface area contributed by atoms with E-state index in [1.807, 2.05) is 0 Å². The SMILES string of the molecule is COC(=O)[C@@H]1C[C@@H](O)CN1C(=O)C(C)Oc1cc(C(=O)NC(CCC(=O)O)C(=O)N2CCN(C(=O)O)CC2)nn1-c1ccccc1. The van der Waals surface area contributed by atoms with Gasteiger partial charge in [-0.1, -0.05) is 18.2 Å². The fourth-order valence-electron chi connectivity index (χ4n) is 5.29. The van der Waals surface area contributed by atoms with Gasteiger partial charge in [-0.25, -0.2) is 14.3 Å². The molecule has 2 aliphatic heterocycles. The maximum Gasteiger partial charge on any atom is 0.407 e. The number of carbonyl (C=O) groups excluding carboxylic acids is 4. The molecule has 2 saturated heterocycles. The number of carboxylic acids is 1. The van der Waals surface area contributed by atoms with Gasteiger partial charge in [0, 0.05) is 51.6 Å². The number of amides is 4. The van der Waals surface area contributed by atoms with Gasteiger partial charge in [-0.15, -0.1) is 0 Å². The van der Waals surface area contributed by atoms with Crippen LogP contribution in [0.2, 0.25) is 0 Å². The highest BCUT2D eigenvalue weighted by molar-refractivity contribution is 5.96. The number of esters is 1. The van der Waals surface area contributed by atoms with E-state index in [2.05, 4.69) is 10.4 Å². The van der Waals surface area contributed by atoms with Gasteiger partial charge < -0.3 is 44.8 Å². The zero-order chi connectivity index (χ0) is 33.5. The number of carboxylic acid groups (broad SMARTS) is 2. The van der Waals surface area contributed by atoms with Crippen LogP contribution in [-0.4, -0.2) is 140 Å². The van der Waals surface area contributed by atoms with E-state index in [-0.39, 0.29) is 57.1 Å². The van der Waals surface area contributed by atoms with Crippen LogP contribution in [0.15, 0.2) is 36.4 Å². The van der Waals surface area contributed by atoms with E-state index in [0.29, 0.717) is 5.69 Å². The Morgan fingerprint density at radius 3 is 2.26 bits per heavy atom. The molecule has 1 aromatic heterocycles. The second-order valence-corrected chi connectivity index (χ2v) is 10.8. The van der Waals surface area contributed by atoms with Crippen LogP contribution in [0.25, 0.3) is 5.69 Å². The lowest BCUT2D eigenvalue weighted by Gasteiger charge is -2.35. The first kappa shape index (κ1) is 33.7. The van der Waals surface area contributed by atoms with E-state index >= 15 is 0 Å². The molecule has 17 heteroatoms. The molecule has 4 amide bonds. The van der Waals surface area contributed by atoms with Crippen molar-refractivity contribution in [3.63, 3.8) is 0 Å². The highest BCUT2D eigenvalue weighted by atomic mass is 16.5. The van der Waals surface area contributed by atoms with Crippen molar-refractivity contribution in [2.24, 2.45) is 0 Å². The molecule has 17 nitrogen and oxygen atoms in total. The summed E-state index contributed by atoms with van der Waals surface area (Å²) in [6.07, 6.45) is -3.88. The quantitative estimate of drug-likeness (QED) is 0.229. The van der Waals surface area contributed by atoms with Gasteiger partial charge in [-0.2, -0.15) is 5.10 Å². The number of nitrogens with one attached hydrogen (secondary N) is 1. The van der Waals surface area contributed by atoms with Crippen molar-refractivity contribution in [3.8, 4) is 11.6 Å². The molecule has 2 unspecified atom stereocenters. The van der Waals surface area contributed by atoms with E-state index in [9.17, 15) is 44.1 Å². The number of aliphatic carboxylic acids is 1. The fourth-order valence-corrected chi connectivity index (χ4v) is 5.29. The number of nitrogens with zero attached hydrogens (tertiary/aromatic N) is 5. The topological polar surface area (TPSA) is 221 Å². The molecule has 0 bridgehead atoms. The number of aromatic nitrogens is 2. The number of rotatable bonds is 11. The van der Waals surface area contributed by atoms with Gasteiger partial charge in [0.05, 0.1) is 18.9 Å². The first-order valence-electron chi connectivity index (χ1n) is 14.6. The zero-order valence-electron chi connectivity index (χ0n) is 25.3. The lowest BCUT2D eigenvalue weighted by molar-refractivity contribution is -0.153. The minimum Gasteiger partial charge on any atom is -0.481 e. The average Bonchev–Trinajstić information content (AvgIpc) is 3.65. The number of carbonyl (C=O) groups is 6. The highest BCUT2D eigenvalue weighted by Crippen LogP contribution is 2.24. The number of aliphatic hydroxyl groups is 1. The molecule has 4 rings (SSSR count). The summed E-state index contributed by atoms with van der Waals surface area (Å²) < 4.78 is 12.0. The largest absolute Gasteiger partial charge is 0.481 e. The predicted octanol–water partition coefficient (Wildman–Crippen LogP) is -0.440. The highest BCUT2D eigenvalue weighted by Gasteiger charge is 2.42. The van der Waals surface area contributed by atoms with Gasteiger partial charge in [-0.3, -0.25) is 19.2 Å². The van der Waals surface area contributed by atoms with Crippen molar-refractivity contribution in [1.29, 1.82) is 0 Å². The molecule has 4 atom stereocenters. The van der Waals surface area contributed by atoms with Crippen molar-refractivity contribution in [2.75, 3.05) is 39.8 Å². The molecule has 4 N–H and O–H groups in total. The standard InChI is InChI=1S/C29H36N6O11/c1-17(26(40)34-16-19(36)14-22(34)28(42)45-2)46-23-15-21(31-35(23)18-6-4-3-5-7-18)25(39)30-20(8-9-24(37)38)27(41)32-10-12-33(13-11-32)29(43)44/h3-7,15,17,19-20,22,36H,8-14,16H2,1-2H3,(H,30,39)(H,37,38)(H,43,44)/t17?,19-,20?,22+/m1/s1. The van der Waals surface area contributed by atoms with Crippen molar-refractivity contribution in [1.82, 2.24) is 29.8 Å². The number of hydrogen-bond acceptors (Lipinski definition) is 10. The molecule has 248 valence electrons. The van der Waals surface area contributed by atoms with Crippen molar-refractivity contribution in [3.05, 3.63) is 42.1 Å². The maximum absolute atomic E-state index is 13.4. The number of ether oxygens (including phenoxy) is 2. The Bertz CT molecular complexity index is 1460. The van der Waals surface area contributed by atoms with Gasteiger partial charge in [0.2, 0.25) is 11.8 Å². The van der Waals surface area contributed by atoms with E-state index in [0.717, 1.165) is 4.90 Å². The molecule has 2 aromatic rings. The van der Waals surface area contributed by atoms with Gasteiger partial charge in [0.25, 0.3) is 11.8 Å². The van der Waals surface area contributed by atoms with Crippen LogP contribution < -0.4 is 10.1 Å². The number of methoxy groups -OCH3 is 1. The number of hydrogen-bond donors (Lipinski definition) is 4. The molecular weight excluding hydrogens is 608 g/mol. The van der Waals surface area contributed by atoms with Gasteiger partial charge in [0.1, 0.15) is 12.1 Å². The summed E-state index contributed by atoms with van der Waals surface area (Å²) in [5.41, 5.74) is 0.265. The predicted molar refractivity (Wildman–Crippen MR) is 156 cm³/mol. The summed E-state index contributed by atoms with van der Waals surface area (Å²) in [6.45, 7) is 1.61. The molecule has 0 aliphatic carbocycles. The van der Waals surface area contributed by atoms with Gasteiger partial charge in [-0.05, 0) is 25.5 Å². The van der Waals surface area contributed by atoms with E-state index < -0.39 is 66.5 Å². The first-order valence-corrected chi connectivity index (χ1v) is 14.6. The minimum absolute atomic E-state index is 0.00834. The lowest BCUT2D eigenvalue weighted by atomic mass is 10.1. The van der Waals surface area contributed by atoms with Crippen LogP contribution in [0.3, 0.4) is 0 Å². The Kier molecular flexibility index (Phi) is 10.8. The molecule has 0 spiro atoms. The number of benzene rings is 1. The molecule has 2 fully saturated rings. The van der Waals surface area contributed by atoms with Crippen LogP contribution in [0.1, 0.15) is 36.7 Å². The summed E-state index contributed by atoms with van der Waals surface area (Å²) in [5.74, 6) is -3.87. The summed E-state index contributed by atoms with van der Waals surface area (Å²) in [7, 11) is 1.18. The van der Waals surface area contributed by atoms with Crippen molar-refractivity contribution in [2.45, 2.75) is 50.5 Å². The Balaban J connectivity index is 1.55. The normalized spacial score (nSPS) is 19.2. The first-order chi connectivity index (χ1) is 21.9. The number of likely N-dealkylation sites (tertiary alicyclic amines) is 1. The third-order valence-electron chi connectivity index (χ3n) is 7.70. The smallest absolute Gasteiger partial charge is 0.407 e. The second kappa shape index (κ2) is 14.7. The molecular formula is C29H36N6O11. The number of β-amino-alcohol motifs (C(OH)–C–C–N with tert-alkyl or cyclic N) is 1. The summed E-state index contributed by atoms with van der Waals surface area (Å²) >= 11 is 0. The van der Waals surface area contributed by atoms with Crippen LogP contribution in [-0.2, 0) is 23.9 Å². The van der Waals surface area contributed by atoms with Crippen molar-refractivity contribution >= 4 is 35.8 Å². The molecule has 2 aliphatic rings. The minimum atomic E-state index is -1.25. The lowest BCUT2D eigenvalue weighted by Crippen LogP contribution is -2.55. The Hall–Kier alpha value is -5.19. The Labute approximate surface area is 263 Å². The fraction of sp³-hybridized carbons (Fsp3) is 0.483. The third-order valence-corrected chi connectivity index (χ3v) is 7.70. The van der Waals surface area contributed by atoms with Crippen LogP contribution >= 0.6 is 0 Å². The van der Waals surface area contributed by atoms with Gasteiger partial charge in [0.15, 0.2) is 11.8 Å².